The Morgan fingerprint density at radius 2 is 1.58 bits per heavy atom. The van der Waals surface area contributed by atoms with Crippen LogP contribution < -0.4 is 0 Å². The second kappa shape index (κ2) is 5.70. The molecule has 0 atom stereocenters. The van der Waals surface area contributed by atoms with E-state index in [1.54, 1.807) is 0 Å². The van der Waals surface area contributed by atoms with Crippen LogP contribution in [0.1, 0.15) is 51.7 Å². The third kappa shape index (κ3) is 3.00. The molecule has 4 heterocycles. The number of fused-ring (bicyclic) bond motifs is 2. The summed E-state index contributed by atoms with van der Waals surface area (Å²) in [5.74, 6) is 0. The number of pyridine rings is 2. The van der Waals surface area contributed by atoms with E-state index in [1.807, 2.05) is 24.7 Å². The van der Waals surface area contributed by atoms with Crippen molar-refractivity contribution in [2.75, 3.05) is 0 Å². The second-order valence-corrected chi connectivity index (χ2v) is 8.90. The Labute approximate surface area is 154 Å². The number of hydrogen-bond acceptors (Lipinski definition) is 2. The summed E-state index contributed by atoms with van der Waals surface area (Å²) in [6.45, 7) is 11.2. The maximum absolute atomic E-state index is 4.72. The van der Waals surface area contributed by atoms with Gasteiger partial charge in [-0.25, -0.2) is 0 Å². The second-order valence-electron chi connectivity index (χ2n) is 8.90. The van der Waals surface area contributed by atoms with Crippen LogP contribution in [0.3, 0.4) is 0 Å². The normalized spacial score (nSPS) is 13.0. The lowest BCUT2D eigenvalue weighted by Crippen LogP contribution is -2.21. The largest absolute Gasteiger partial charge is 0.358 e. The third-order valence-corrected chi connectivity index (χ3v) is 5.14. The van der Waals surface area contributed by atoms with Crippen LogP contribution in [0, 0.1) is 0 Å². The van der Waals surface area contributed by atoms with Gasteiger partial charge < -0.3 is 9.97 Å². The Bertz CT molecular complexity index is 1040. The van der Waals surface area contributed by atoms with Crippen molar-refractivity contribution in [2.45, 2.75) is 51.9 Å². The van der Waals surface area contributed by atoms with E-state index in [4.69, 9.17) is 4.98 Å². The van der Waals surface area contributed by atoms with Crippen LogP contribution in [-0.2, 0) is 17.3 Å². The molecule has 4 aromatic heterocycles. The molecule has 4 rings (SSSR count). The first-order valence-electron chi connectivity index (χ1n) is 9.14. The molecule has 0 spiro atoms. The van der Waals surface area contributed by atoms with E-state index in [0.717, 1.165) is 23.1 Å². The van der Waals surface area contributed by atoms with Gasteiger partial charge in [-0.3, -0.25) is 9.97 Å². The highest BCUT2D eigenvalue weighted by atomic mass is 14.8. The minimum Gasteiger partial charge on any atom is -0.358 e. The maximum Gasteiger partial charge on any atom is 0.0642 e. The first-order valence-corrected chi connectivity index (χ1v) is 9.14. The highest BCUT2D eigenvalue weighted by Crippen LogP contribution is 2.31. The van der Waals surface area contributed by atoms with E-state index in [-0.39, 0.29) is 10.8 Å². The minimum absolute atomic E-state index is 0.0425. The maximum atomic E-state index is 4.72. The summed E-state index contributed by atoms with van der Waals surface area (Å²) >= 11 is 0. The van der Waals surface area contributed by atoms with Crippen molar-refractivity contribution in [2.24, 2.45) is 0 Å². The fourth-order valence-corrected chi connectivity index (χ4v) is 3.45. The van der Waals surface area contributed by atoms with Gasteiger partial charge in [-0.2, -0.15) is 0 Å². The number of aromatic nitrogens is 4. The van der Waals surface area contributed by atoms with Gasteiger partial charge in [-0.05, 0) is 24.3 Å². The fraction of sp³-hybridized carbons (Fsp3) is 0.364. The number of nitrogens with one attached hydrogen (secondary N) is 2. The minimum atomic E-state index is -0.0425. The zero-order valence-corrected chi connectivity index (χ0v) is 16.1. The molecule has 0 aromatic carbocycles. The van der Waals surface area contributed by atoms with Crippen LogP contribution in [0.4, 0.5) is 0 Å². The molecule has 0 radical (unpaired) electrons. The van der Waals surface area contributed by atoms with Crippen molar-refractivity contribution in [3.05, 3.63) is 59.9 Å². The summed E-state index contributed by atoms with van der Waals surface area (Å²) in [5, 5.41) is 2.37. The molecule has 4 heteroatoms. The topological polar surface area (TPSA) is 57.4 Å². The van der Waals surface area contributed by atoms with Crippen LogP contribution in [0.2, 0.25) is 0 Å². The molecule has 4 nitrogen and oxygen atoms in total. The Balaban J connectivity index is 1.66. The molecule has 2 N–H and O–H groups in total. The van der Waals surface area contributed by atoms with Gasteiger partial charge in [0.1, 0.15) is 0 Å². The molecule has 0 saturated carbocycles. The molecule has 4 aromatic rings. The lowest BCUT2D eigenvalue weighted by molar-refractivity contribution is 0.503. The van der Waals surface area contributed by atoms with Crippen LogP contribution in [0.5, 0.6) is 0 Å². The monoisotopic (exact) mass is 346 g/mol. The Morgan fingerprint density at radius 3 is 2.31 bits per heavy atom. The first-order chi connectivity index (χ1) is 12.2. The van der Waals surface area contributed by atoms with E-state index in [2.05, 4.69) is 67.8 Å². The number of rotatable bonds is 3. The number of hydrogen-bond donors (Lipinski definition) is 2. The summed E-state index contributed by atoms with van der Waals surface area (Å²) in [7, 11) is 0. The van der Waals surface area contributed by atoms with Gasteiger partial charge in [-0.15, -0.1) is 0 Å². The number of aromatic amines is 2. The molecule has 0 fully saturated rings. The third-order valence-electron chi connectivity index (χ3n) is 5.14. The van der Waals surface area contributed by atoms with E-state index >= 15 is 0 Å². The molecule has 0 saturated heterocycles. The van der Waals surface area contributed by atoms with Crippen LogP contribution in [0.15, 0.2) is 42.9 Å². The summed E-state index contributed by atoms with van der Waals surface area (Å²) < 4.78 is 0. The highest BCUT2D eigenvalue weighted by molar-refractivity contribution is 5.81. The molecule has 0 aliphatic carbocycles. The lowest BCUT2D eigenvalue weighted by Gasteiger charge is -2.23. The molecule has 0 amide bonds. The molecule has 0 aliphatic heterocycles. The SMILES string of the molecule is CC(C)(C)c1cc2cnc(CC(C)(C)c3cc4ccncc4[nH]3)cc2[nH]1. The van der Waals surface area contributed by atoms with E-state index in [9.17, 15) is 0 Å². The van der Waals surface area contributed by atoms with Gasteiger partial charge in [-0.1, -0.05) is 34.6 Å². The van der Waals surface area contributed by atoms with Gasteiger partial charge in [0.05, 0.1) is 11.7 Å². The van der Waals surface area contributed by atoms with Crippen molar-refractivity contribution in [3.63, 3.8) is 0 Å². The van der Waals surface area contributed by atoms with E-state index in [0.29, 0.717) is 0 Å². The average molecular weight is 346 g/mol. The van der Waals surface area contributed by atoms with Crippen LogP contribution >= 0.6 is 0 Å². The van der Waals surface area contributed by atoms with Crippen LogP contribution in [-0.4, -0.2) is 19.9 Å². The molecular formula is C22H26N4. The van der Waals surface area contributed by atoms with Crippen molar-refractivity contribution >= 4 is 21.8 Å². The van der Waals surface area contributed by atoms with Crippen molar-refractivity contribution in [1.82, 2.24) is 19.9 Å². The van der Waals surface area contributed by atoms with Gasteiger partial charge in [0.15, 0.2) is 0 Å². The molecule has 0 unspecified atom stereocenters. The lowest BCUT2D eigenvalue weighted by atomic mass is 9.84. The molecule has 134 valence electrons. The van der Waals surface area contributed by atoms with Gasteiger partial charge in [0.25, 0.3) is 0 Å². The van der Waals surface area contributed by atoms with Crippen molar-refractivity contribution in [1.29, 1.82) is 0 Å². The Kier molecular flexibility index (Phi) is 3.69. The standard InChI is InChI=1S/C22H26N4/c1-21(2,3)19-9-15-12-24-16(10-17(15)25-19)11-22(4,5)20-8-14-6-7-23-13-18(14)26-20/h6-10,12-13,25-26H,11H2,1-5H3. The van der Waals surface area contributed by atoms with Gasteiger partial charge in [0, 0.05) is 63.0 Å². The number of nitrogens with zero attached hydrogens (tertiary/aromatic N) is 2. The Morgan fingerprint density at radius 1 is 0.846 bits per heavy atom. The summed E-state index contributed by atoms with van der Waals surface area (Å²) in [6.07, 6.45) is 6.57. The molecule has 0 aliphatic rings. The predicted octanol–water partition coefficient (Wildman–Crippen LogP) is 5.26. The van der Waals surface area contributed by atoms with Crippen molar-refractivity contribution < 1.29 is 0 Å². The number of H-pyrrole nitrogens is 2. The van der Waals surface area contributed by atoms with Gasteiger partial charge in [0.2, 0.25) is 0 Å². The van der Waals surface area contributed by atoms with Gasteiger partial charge >= 0.3 is 0 Å². The van der Waals surface area contributed by atoms with Crippen molar-refractivity contribution in [3.8, 4) is 0 Å². The van der Waals surface area contributed by atoms with E-state index in [1.165, 1.54) is 22.2 Å². The molecule has 26 heavy (non-hydrogen) atoms. The quantitative estimate of drug-likeness (QED) is 0.532. The average Bonchev–Trinajstić information content (AvgIpc) is 3.18. The zero-order chi connectivity index (χ0) is 18.5. The Hall–Kier alpha value is -2.62. The molecule has 0 bridgehead atoms. The predicted molar refractivity (Wildman–Crippen MR) is 108 cm³/mol. The van der Waals surface area contributed by atoms with Crippen LogP contribution in [0.25, 0.3) is 21.8 Å². The fourth-order valence-electron chi connectivity index (χ4n) is 3.45. The van der Waals surface area contributed by atoms with E-state index < -0.39 is 0 Å². The zero-order valence-electron chi connectivity index (χ0n) is 16.1. The summed E-state index contributed by atoms with van der Waals surface area (Å²) in [4.78, 5) is 16.0. The summed E-state index contributed by atoms with van der Waals surface area (Å²) in [5.41, 5.74) is 5.87. The summed E-state index contributed by atoms with van der Waals surface area (Å²) in [6, 6.07) is 8.67. The highest BCUT2D eigenvalue weighted by Gasteiger charge is 2.24. The molecular weight excluding hydrogens is 320 g/mol. The smallest absolute Gasteiger partial charge is 0.0642 e. The first kappa shape index (κ1) is 16.8.